The number of urea groups is 1. The Morgan fingerprint density at radius 3 is 2.62 bits per heavy atom. The summed E-state index contributed by atoms with van der Waals surface area (Å²) in [4.78, 5) is 23.1. The van der Waals surface area contributed by atoms with Crippen LogP contribution < -0.4 is 16.0 Å². The molecular formula is C15H22ClN3O2. The third kappa shape index (κ3) is 6.99. The molecule has 0 radical (unpaired) electrons. The first-order valence-electron chi connectivity index (χ1n) is 7.07. The first-order chi connectivity index (χ1) is 10.0. The van der Waals surface area contributed by atoms with Crippen molar-refractivity contribution in [2.24, 2.45) is 0 Å². The molecule has 0 spiro atoms. The van der Waals surface area contributed by atoms with Gasteiger partial charge in [0.15, 0.2) is 0 Å². The molecule has 0 aliphatic rings. The van der Waals surface area contributed by atoms with Crippen LogP contribution in [0.3, 0.4) is 0 Å². The lowest BCUT2D eigenvalue weighted by atomic mass is 10.2. The largest absolute Gasteiger partial charge is 0.354 e. The van der Waals surface area contributed by atoms with Crippen molar-refractivity contribution >= 4 is 23.5 Å². The summed E-state index contributed by atoms with van der Waals surface area (Å²) >= 11 is 5.99. The zero-order valence-electron chi connectivity index (χ0n) is 12.4. The number of nitrogens with one attached hydrogen (secondary N) is 3. The summed E-state index contributed by atoms with van der Waals surface area (Å²) in [6.45, 7) is 4.61. The fourth-order valence-electron chi connectivity index (χ4n) is 1.62. The Morgan fingerprint density at radius 2 is 1.95 bits per heavy atom. The minimum absolute atomic E-state index is 0.0595. The van der Waals surface area contributed by atoms with Gasteiger partial charge in [-0.3, -0.25) is 4.79 Å². The minimum atomic E-state index is -0.314. The molecule has 0 bridgehead atoms. The molecule has 21 heavy (non-hydrogen) atoms. The van der Waals surface area contributed by atoms with E-state index in [2.05, 4.69) is 16.0 Å². The van der Waals surface area contributed by atoms with Crippen LogP contribution in [0.25, 0.3) is 0 Å². The Kier molecular flexibility index (Phi) is 7.61. The zero-order valence-corrected chi connectivity index (χ0v) is 13.2. The van der Waals surface area contributed by atoms with Crippen molar-refractivity contribution in [1.82, 2.24) is 16.0 Å². The molecule has 116 valence electrons. The molecule has 0 saturated heterocycles. The van der Waals surface area contributed by atoms with Crippen molar-refractivity contribution in [2.75, 3.05) is 6.54 Å². The summed E-state index contributed by atoms with van der Waals surface area (Å²) in [6.07, 6.45) is 1.15. The third-order valence-electron chi connectivity index (χ3n) is 3.05. The molecule has 1 aromatic carbocycles. The van der Waals surface area contributed by atoms with Gasteiger partial charge < -0.3 is 16.0 Å². The summed E-state index contributed by atoms with van der Waals surface area (Å²) in [5, 5.41) is 8.80. The van der Waals surface area contributed by atoms with Crippen LogP contribution in [0.5, 0.6) is 0 Å². The van der Waals surface area contributed by atoms with E-state index in [4.69, 9.17) is 11.6 Å². The van der Waals surface area contributed by atoms with Crippen molar-refractivity contribution < 1.29 is 9.59 Å². The fraction of sp³-hybridized carbons (Fsp3) is 0.467. The molecule has 0 fully saturated rings. The Morgan fingerprint density at radius 1 is 1.24 bits per heavy atom. The van der Waals surface area contributed by atoms with Crippen LogP contribution in [-0.4, -0.2) is 24.5 Å². The minimum Gasteiger partial charge on any atom is -0.354 e. The molecule has 1 aromatic rings. The van der Waals surface area contributed by atoms with Crippen LogP contribution in [0.2, 0.25) is 5.02 Å². The first kappa shape index (κ1) is 17.3. The Hall–Kier alpha value is -1.75. The van der Waals surface area contributed by atoms with E-state index in [1.54, 1.807) is 6.07 Å². The average Bonchev–Trinajstić information content (AvgIpc) is 2.46. The Balaban J connectivity index is 2.20. The number of rotatable bonds is 7. The molecule has 0 aromatic heterocycles. The van der Waals surface area contributed by atoms with E-state index in [9.17, 15) is 9.59 Å². The standard InChI is InChI=1S/C15H22ClN3O2/c1-3-11(2)19-14(20)8-9-17-15(21)18-10-12-6-4-5-7-13(12)16/h4-7,11H,3,8-10H2,1-2H3,(H,19,20)(H2,17,18,21). The summed E-state index contributed by atoms with van der Waals surface area (Å²) in [5.41, 5.74) is 0.851. The Labute approximate surface area is 130 Å². The monoisotopic (exact) mass is 311 g/mol. The number of carbonyl (C=O) groups excluding carboxylic acids is 2. The highest BCUT2D eigenvalue weighted by atomic mass is 35.5. The van der Waals surface area contributed by atoms with Gasteiger partial charge in [0.2, 0.25) is 5.91 Å². The predicted molar refractivity (Wildman–Crippen MR) is 84.2 cm³/mol. The number of hydrogen-bond acceptors (Lipinski definition) is 2. The number of halogens is 1. The van der Waals surface area contributed by atoms with Crippen LogP contribution in [0.15, 0.2) is 24.3 Å². The van der Waals surface area contributed by atoms with E-state index >= 15 is 0 Å². The first-order valence-corrected chi connectivity index (χ1v) is 7.45. The zero-order chi connectivity index (χ0) is 15.7. The van der Waals surface area contributed by atoms with Gasteiger partial charge in [-0.1, -0.05) is 36.7 Å². The molecule has 5 nitrogen and oxygen atoms in total. The van der Waals surface area contributed by atoms with E-state index in [0.717, 1.165) is 12.0 Å². The van der Waals surface area contributed by atoms with Gasteiger partial charge >= 0.3 is 6.03 Å². The third-order valence-corrected chi connectivity index (χ3v) is 3.42. The van der Waals surface area contributed by atoms with Crippen LogP contribution in [-0.2, 0) is 11.3 Å². The van der Waals surface area contributed by atoms with Crippen molar-refractivity contribution in [3.05, 3.63) is 34.9 Å². The smallest absolute Gasteiger partial charge is 0.315 e. The van der Waals surface area contributed by atoms with Crippen molar-refractivity contribution in [1.29, 1.82) is 0 Å². The second kappa shape index (κ2) is 9.23. The van der Waals surface area contributed by atoms with Crippen LogP contribution in [0.4, 0.5) is 4.79 Å². The quantitative estimate of drug-likeness (QED) is 0.724. The molecule has 0 aliphatic heterocycles. The molecule has 0 aliphatic carbocycles. The molecule has 1 atom stereocenters. The second-order valence-electron chi connectivity index (χ2n) is 4.83. The van der Waals surface area contributed by atoms with Crippen LogP contribution in [0.1, 0.15) is 32.3 Å². The highest BCUT2D eigenvalue weighted by Crippen LogP contribution is 2.13. The highest BCUT2D eigenvalue weighted by molar-refractivity contribution is 6.31. The summed E-state index contributed by atoms with van der Waals surface area (Å²) in [5.74, 6) is -0.0595. The van der Waals surface area contributed by atoms with Crippen LogP contribution >= 0.6 is 11.6 Å². The van der Waals surface area contributed by atoms with Gasteiger partial charge in [-0.2, -0.15) is 0 Å². The molecule has 0 saturated carbocycles. The average molecular weight is 312 g/mol. The normalized spacial score (nSPS) is 11.6. The molecule has 3 N–H and O–H groups in total. The number of amides is 3. The van der Waals surface area contributed by atoms with Crippen molar-refractivity contribution in [2.45, 2.75) is 39.3 Å². The second-order valence-corrected chi connectivity index (χ2v) is 5.23. The van der Waals surface area contributed by atoms with Crippen molar-refractivity contribution in [3.63, 3.8) is 0 Å². The predicted octanol–water partition coefficient (Wildman–Crippen LogP) is 2.44. The van der Waals surface area contributed by atoms with Gasteiger partial charge in [-0.25, -0.2) is 4.79 Å². The van der Waals surface area contributed by atoms with Gasteiger partial charge in [-0.15, -0.1) is 0 Å². The maximum Gasteiger partial charge on any atom is 0.315 e. The maximum atomic E-state index is 11.6. The molecule has 1 unspecified atom stereocenters. The van der Waals surface area contributed by atoms with Crippen LogP contribution in [0, 0.1) is 0 Å². The molecule has 6 heteroatoms. The molecular weight excluding hydrogens is 290 g/mol. The summed E-state index contributed by atoms with van der Waals surface area (Å²) in [6, 6.07) is 7.16. The van der Waals surface area contributed by atoms with Gasteiger partial charge in [-0.05, 0) is 25.0 Å². The number of hydrogen-bond donors (Lipinski definition) is 3. The molecule has 3 amide bonds. The maximum absolute atomic E-state index is 11.6. The van der Waals surface area contributed by atoms with E-state index in [-0.39, 0.29) is 24.4 Å². The van der Waals surface area contributed by atoms with E-state index in [1.807, 2.05) is 32.0 Å². The fourth-order valence-corrected chi connectivity index (χ4v) is 1.82. The number of carbonyl (C=O) groups is 2. The molecule has 0 heterocycles. The Bertz CT molecular complexity index is 480. The molecule has 1 rings (SSSR count). The van der Waals surface area contributed by atoms with Crippen molar-refractivity contribution in [3.8, 4) is 0 Å². The van der Waals surface area contributed by atoms with Gasteiger partial charge in [0.1, 0.15) is 0 Å². The van der Waals surface area contributed by atoms with E-state index in [1.165, 1.54) is 0 Å². The lowest BCUT2D eigenvalue weighted by molar-refractivity contribution is -0.121. The van der Waals surface area contributed by atoms with E-state index < -0.39 is 0 Å². The topological polar surface area (TPSA) is 70.2 Å². The van der Waals surface area contributed by atoms with Gasteiger partial charge in [0, 0.05) is 30.6 Å². The van der Waals surface area contributed by atoms with E-state index in [0.29, 0.717) is 18.1 Å². The highest BCUT2D eigenvalue weighted by Gasteiger charge is 2.07. The SMILES string of the molecule is CCC(C)NC(=O)CCNC(=O)NCc1ccccc1Cl. The number of benzene rings is 1. The summed E-state index contributed by atoms with van der Waals surface area (Å²) < 4.78 is 0. The summed E-state index contributed by atoms with van der Waals surface area (Å²) in [7, 11) is 0. The lowest BCUT2D eigenvalue weighted by Crippen LogP contribution is -2.38. The lowest BCUT2D eigenvalue weighted by Gasteiger charge is -2.12. The van der Waals surface area contributed by atoms with Gasteiger partial charge in [0.25, 0.3) is 0 Å². The van der Waals surface area contributed by atoms with Gasteiger partial charge in [0.05, 0.1) is 0 Å².